The first kappa shape index (κ1) is 15.4. The van der Waals surface area contributed by atoms with Crippen LogP contribution in [-0.4, -0.2) is 15.6 Å². The highest BCUT2D eigenvalue weighted by molar-refractivity contribution is 5.91. The Morgan fingerprint density at radius 3 is 2.84 bits per heavy atom. The molecular formula is C20H18N2O3. The van der Waals surface area contributed by atoms with E-state index in [1.807, 2.05) is 56.3 Å². The number of hydrogen-bond acceptors (Lipinski definition) is 4. The molecule has 0 atom stereocenters. The minimum Gasteiger partial charge on any atom is -0.488 e. The van der Waals surface area contributed by atoms with Crippen molar-refractivity contribution < 1.29 is 9.47 Å². The fourth-order valence-corrected chi connectivity index (χ4v) is 2.89. The molecule has 0 aliphatic carbocycles. The largest absolute Gasteiger partial charge is 0.488 e. The van der Waals surface area contributed by atoms with Gasteiger partial charge in [0.2, 0.25) is 0 Å². The van der Waals surface area contributed by atoms with Crippen LogP contribution in [0.1, 0.15) is 25.0 Å². The molecule has 5 heteroatoms. The molecule has 5 nitrogen and oxygen atoms in total. The summed E-state index contributed by atoms with van der Waals surface area (Å²) in [5, 5.41) is 0.446. The number of ether oxygens (including phenoxy) is 2. The van der Waals surface area contributed by atoms with Crippen LogP contribution >= 0.6 is 0 Å². The van der Waals surface area contributed by atoms with Crippen LogP contribution in [0.25, 0.3) is 17.0 Å². The third-order valence-corrected chi connectivity index (χ3v) is 4.14. The van der Waals surface area contributed by atoms with Gasteiger partial charge in [-0.2, -0.15) is 0 Å². The summed E-state index contributed by atoms with van der Waals surface area (Å²) in [7, 11) is 0. The number of hydrogen-bond donors (Lipinski definition) is 1. The maximum atomic E-state index is 12.3. The van der Waals surface area contributed by atoms with Gasteiger partial charge in [-0.3, -0.25) is 4.79 Å². The quantitative estimate of drug-likeness (QED) is 0.793. The second kappa shape index (κ2) is 5.77. The minimum atomic E-state index is -0.500. The fraction of sp³-hybridized carbons (Fsp3) is 0.200. The summed E-state index contributed by atoms with van der Waals surface area (Å²) in [5.41, 5.74) is 1.66. The van der Waals surface area contributed by atoms with E-state index < -0.39 is 5.60 Å². The van der Waals surface area contributed by atoms with Crippen molar-refractivity contribution in [3.63, 3.8) is 0 Å². The van der Waals surface area contributed by atoms with Gasteiger partial charge in [-0.05, 0) is 31.6 Å². The van der Waals surface area contributed by atoms with Crippen molar-refractivity contribution in [2.45, 2.75) is 26.1 Å². The molecule has 1 N–H and O–H groups in total. The zero-order chi connectivity index (χ0) is 17.4. The molecule has 0 saturated carbocycles. The predicted octanol–water partition coefficient (Wildman–Crippen LogP) is 3.69. The van der Waals surface area contributed by atoms with Gasteiger partial charge in [-0.25, -0.2) is 4.98 Å². The molecule has 1 aliphatic heterocycles. The van der Waals surface area contributed by atoms with Crippen LogP contribution in [0, 0.1) is 0 Å². The van der Waals surface area contributed by atoms with Crippen molar-refractivity contribution in [3.8, 4) is 11.5 Å². The summed E-state index contributed by atoms with van der Waals surface area (Å²) in [6, 6.07) is 11.7. The Morgan fingerprint density at radius 1 is 1.24 bits per heavy atom. The van der Waals surface area contributed by atoms with Crippen LogP contribution < -0.4 is 15.0 Å². The monoisotopic (exact) mass is 334 g/mol. The second-order valence-electron chi connectivity index (χ2n) is 6.56. The van der Waals surface area contributed by atoms with Crippen molar-refractivity contribution in [2.24, 2.45) is 0 Å². The highest BCUT2D eigenvalue weighted by Crippen LogP contribution is 2.41. The number of aromatic nitrogens is 2. The van der Waals surface area contributed by atoms with Crippen molar-refractivity contribution >= 4 is 17.0 Å². The number of benzene rings is 2. The van der Waals surface area contributed by atoms with Crippen LogP contribution in [0.4, 0.5) is 0 Å². The Labute approximate surface area is 144 Å². The molecule has 0 spiro atoms. The standard InChI is InChI=1S/C20H18N2O3/c1-20(2)9-8-14-16(24-11-13-6-4-3-5-7-13)10-15-17(18(14)25-20)19(23)22-12-21-15/h3-10,12H,11H2,1-2H3,(H,21,22,23). The topological polar surface area (TPSA) is 64.2 Å². The summed E-state index contributed by atoms with van der Waals surface area (Å²) < 4.78 is 12.1. The number of aromatic amines is 1. The highest BCUT2D eigenvalue weighted by Gasteiger charge is 2.27. The van der Waals surface area contributed by atoms with Crippen molar-refractivity contribution in [1.82, 2.24) is 9.97 Å². The van der Waals surface area contributed by atoms with Crippen molar-refractivity contribution in [3.05, 3.63) is 70.3 Å². The van der Waals surface area contributed by atoms with E-state index in [1.165, 1.54) is 6.33 Å². The number of H-pyrrole nitrogens is 1. The molecule has 126 valence electrons. The number of rotatable bonds is 3. The maximum absolute atomic E-state index is 12.3. The van der Waals surface area contributed by atoms with Gasteiger partial charge in [0.25, 0.3) is 5.56 Å². The maximum Gasteiger partial charge on any atom is 0.262 e. The van der Waals surface area contributed by atoms with Gasteiger partial charge in [-0.15, -0.1) is 0 Å². The lowest BCUT2D eigenvalue weighted by molar-refractivity contribution is 0.160. The average molecular weight is 334 g/mol. The van der Waals surface area contributed by atoms with E-state index in [-0.39, 0.29) is 5.56 Å². The Morgan fingerprint density at radius 2 is 2.04 bits per heavy atom. The lowest BCUT2D eigenvalue weighted by Gasteiger charge is -2.29. The zero-order valence-corrected chi connectivity index (χ0v) is 14.1. The van der Waals surface area contributed by atoms with E-state index in [2.05, 4.69) is 9.97 Å². The molecule has 3 aromatic rings. The van der Waals surface area contributed by atoms with Crippen LogP contribution in [0.5, 0.6) is 11.5 Å². The zero-order valence-electron chi connectivity index (χ0n) is 14.1. The third-order valence-electron chi connectivity index (χ3n) is 4.14. The molecular weight excluding hydrogens is 316 g/mol. The van der Waals surface area contributed by atoms with Crippen LogP contribution in [0.2, 0.25) is 0 Å². The number of fused-ring (bicyclic) bond motifs is 3. The lowest BCUT2D eigenvalue weighted by Crippen LogP contribution is -2.28. The molecule has 0 fully saturated rings. The molecule has 25 heavy (non-hydrogen) atoms. The highest BCUT2D eigenvalue weighted by atomic mass is 16.5. The Kier molecular flexibility index (Phi) is 3.57. The van der Waals surface area contributed by atoms with Crippen LogP contribution in [0.3, 0.4) is 0 Å². The molecule has 1 aromatic heterocycles. The molecule has 2 heterocycles. The van der Waals surface area contributed by atoms with E-state index in [0.29, 0.717) is 29.0 Å². The van der Waals surface area contributed by atoms with Crippen LogP contribution in [-0.2, 0) is 6.61 Å². The first-order valence-corrected chi connectivity index (χ1v) is 8.13. The second-order valence-corrected chi connectivity index (χ2v) is 6.56. The summed E-state index contributed by atoms with van der Waals surface area (Å²) >= 11 is 0. The summed E-state index contributed by atoms with van der Waals surface area (Å²) in [6.07, 6.45) is 5.30. The molecule has 0 unspecified atom stereocenters. The van der Waals surface area contributed by atoms with Gasteiger partial charge in [-0.1, -0.05) is 30.3 Å². The predicted molar refractivity (Wildman–Crippen MR) is 96.9 cm³/mol. The van der Waals surface area contributed by atoms with Gasteiger partial charge in [0.15, 0.2) is 0 Å². The van der Waals surface area contributed by atoms with Gasteiger partial charge in [0, 0.05) is 6.07 Å². The first-order chi connectivity index (χ1) is 12.0. The van der Waals surface area contributed by atoms with Crippen molar-refractivity contribution in [1.29, 1.82) is 0 Å². The van der Waals surface area contributed by atoms with E-state index >= 15 is 0 Å². The fourth-order valence-electron chi connectivity index (χ4n) is 2.89. The molecule has 2 aromatic carbocycles. The van der Waals surface area contributed by atoms with Gasteiger partial charge in [0.05, 0.1) is 17.4 Å². The first-order valence-electron chi connectivity index (χ1n) is 8.13. The molecule has 0 saturated heterocycles. The molecule has 1 aliphatic rings. The van der Waals surface area contributed by atoms with Gasteiger partial charge in [0.1, 0.15) is 29.1 Å². The molecule has 4 rings (SSSR count). The smallest absolute Gasteiger partial charge is 0.262 e. The molecule has 0 radical (unpaired) electrons. The molecule has 0 amide bonds. The minimum absolute atomic E-state index is 0.220. The normalized spacial score (nSPS) is 14.8. The van der Waals surface area contributed by atoms with Crippen molar-refractivity contribution in [2.75, 3.05) is 0 Å². The summed E-state index contributed by atoms with van der Waals surface area (Å²) in [6.45, 7) is 4.32. The Hall–Kier alpha value is -3.08. The number of nitrogens with zero attached hydrogens (tertiary/aromatic N) is 1. The summed E-state index contributed by atoms with van der Waals surface area (Å²) in [5.74, 6) is 1.17. The van der Waals surface area contributed by atoms with E-state index in [1.54, 1.807) is 6.07 Å². The SMILES string of the molecule is CC1(C)C=Cc2c(OCc3ccccc3)cc3nc[nH]c(=O)c3c2O1. The van der Waals surface area contributed by atoms with E-state index in [4.69, 9.17) is 9.47 Å². The third kappa shape index (κ3) is 2.89. The number of nitrogens with one attached hydrogen (secondary N) is 1. The van der Waals surface area contributed by atoms with E-state index in [9.17, 15) is 4.79 Å². The Bertz CT molecular complexity index is 1020. The average Bonchev–Trinajstić information content (AvgIpc) is 2.59. The van der Waals surface area contributed by atoms with Crippen LogP contribution in [0.15, 0.2) is 53.6 Å². The molecule has 0 bridgehead atoms. The van der Waals surface area contributed by atoms with Gasteiger partial charge >= 0.3 is 0 Å². The lowest BCUT2D eigenvalue weighted by atomic mass is 9.99. The van der Waals surface area contributed by atoms with E-state index in [0.717, 1.165) is 11.1 Å². The Balaban J connectivity index is 1.84. The summed E-state index contributed by atoms with van der Waals surface area (Å²) in [4.78, 5) is 19.2. The van der Waals surface area contributed by atoms with Gasteiger partial charge < -0.3 is 14.5 Å².